The van der Waals surface area contributed by atoms with Gasteiger partial charge in [-0.15, -0.1) is 0 Å². The molecule has 0 saturated heterocycles. The fourth-order valence-electron chi connectivity index (χ4n) is 0.105. The van der Waals surface area contributed by atoms with Crippen molar-refractivity contribution in [1.82, 2.24) is 0 Å². The minimum Gasteiger partial charge on any atom is -0.276 e. The fourth-order valence-corrected chi connectivity index (χ4v) is 0.946. The van der Waals surface area contributed by atoms with Crippen molar-refractivity contribution in [2.75, 3.05) is 6.26 Å². The maximum absolute atomic E-state index is 9.56. The van der Waals surface area contributed by atoms with Crippen LogP contribution in [0.2, 0.25) is 0 Å². The van der Waals surface area contributed by atoms with Crippen LogP contribution in [0.1, 0.15) is 0 Å². The molecule has 6 heteroatoms. The molecule has 0 aliphatic carbocycles. The molecule has 0 heterocycles. The van der Waals surface area contributed by atoms with Crippen LogP contribution >= 0.6 is 11.4 Å². The van der Waals surface area contributed by atoms with E-state index in [-0.39, 0.29) is 0 Å². The molecule has 1 atom stereocenters. The van der Waals surface area contributed by atoms with Crippen molar-refractivity contribution < 1.29 is 12.0 Å². The standard InChI is InChI=1S/CH7NO3S2/c1-6(2)5-7(3)4/h6-7H,2H2,1H3. The van der Waals surface area contributed by atoms with Crippen LogP contribution in [0.5, 0.6) is 0 Å². The van der Waals surface area contributed by atoms with Gasteiger partial charge in [-0.05, 0) is 6.26 Å². The topological polar surface area (TPSA) is 69.4 Å². The summed E-state index contributed by atoms with van der Waals surface area (Å²) in [6, 6.07) is 0. The Hall–Kier alpha value is 0.220. The van der Waals surface area contributed by atoms with Gasteiger partial charge in [-0.3, -0.25) is 5.14 Å². The average molecular weight is 145 g/mol. The van der Waals surface area contributed by atoms with E-state index in [2.05, 4.69) is 3.63 Å². The summed E-state index contributed by atoms with van der Waals surface area (Å²) in [6.07, 6.45) is 1.50. The molecule has 0 aromatic heterocycles. The number of hydrogen-bond donors (Lipinski definition) is 3. The quantitative estimate of drug-likeness (QED) is 0.434. The molecule has 7 heavy (non-hydrogen) atoms. The molecule has 0 aliphatic rings. The summed E-state index contributed by atoms with van der Waals surface area (Å²) in [4.78, 5) is 0. The maximum Gasteiger partial charge on any atom is 0.267 e. The summed E-state index contributed by atoms with van der Waals surface area (Å²) in [7, 11) is -2.74. The van der Waals surface area contributed by atoms with Crippen molar-refractivity contribution in [3.8, 4) is 0 Å². The zero-order chi connectivity index (χ0) is 5.86. The highest BCUT2D eigenvalue weighted by Gasteiger charge is 1.84. The van der Waals surface area contributed by atoms with Crippen LogP contribution in [0.15, 0.2) is 0 Å². The second kappa shape index (κ2) is 3.25. The van der Waals surface area contributed by atoms with Crippen LogP contribution in [0, 0.1) is 0 Å². The van der Waals surface area contributed by atoms with Gasteiger partial charge >= 0.3 is 0 Å². The summed E-state index contributed by atoms with van der Waals surface area (Å²) < 4.78 is 23.2. The van der Waals surface area contributed by atoms with Crippen LogP contribution < -0.4 is 5.14 Å². The van der Waals surface area contributed by atoms with Gasteiger partial charge in [0.05, 0.1) is 0 Å². The van der Waals surface area contributed by atoms with Gasteiger partial charge in [0, 0.05) is 0 Å². The van der Waals surface area contributed by atoms with E-state index in [1.807, 2.05) is 0 Å². The van der Waals surface area contributed by atoms with Crippen molar-refractivity contribution in [3.63, 3.8) is 0 Å². The predicted molar refractivity (Wildman–Crippen MR) is 30.5 cm³/mol. The van der Waals surface area contributed by atoms with Gasteiger partial charge < -0.3 is 0 Å². The molecular formula is CH7NO3S2. The Morgan fingerprint density at radius 2 is 2.00 bits per heavy atom. The number of thiol groups is 2. The summed E-state index contributed by atoms with van der Waals surface area (Å²) in [5, 5.41) is 4.95. The van der Waals surface area contributed by atoms with Gasteiger partial charge in [-0.25, -0.2) is 12.0 Å². The molecule has 0 aliphatic heterocycles. The highest BCUT2D eigenvalue weighted by atomic mass is 32.3. The normalized spacial score (nSPS) is 17.3. The molecule has 1 unspecified atom stereocenters. The molecule has 0 radical (unpaired) electrons. The molecule has 0 amide bonds. The van der Waals surface area contributed by atoms with Gasteiger partial charge in [0.1, 0.15) is 0 Å². The second-order valence-electron chi connectivity index (χ2n) is 0.851. The molecule has 0 fully saturated rings. The van der Waals surface area contributed by atoms with E-state index in [4.69, 9.17) is 5.14 Å². The zero-order valence-corrected chi connectivity index (χ0v) is 5.49. The number of hydrogen-bond acceptors (Lipinski definition) is 4. The summed E-state index contributed by atoms with van der Waals surface area (Å²) in [5.41, 5.74) is 0. The SMILES string of the molecule is C[SH](N)O[SH](=O)=O. The first-order valence-corrected chi connectivity index (χ1v) is 4.31. The van der Waals surface area contributed by atoms with Gasteiger partial charge in [-0.2, -0.15) is 0 Å². The summed E-state index contributed by atoms with van der Waals surface area (Å²) in [5.74, 6) is 0. The molecule has 2 N–H and O–H groups in total. The minimum absolute atomic E-state index is 1.24. The molecule has 4 nitrogen and oxygen atoms in total. The predicted octanol–water partition coefficient (Wildman–Crippen LogP) is -1.05. The minimum atomic E-state index is -2.74. The lowest BCUT2D eigenvalue weighted by Crippen LogP contribution is -1.93. The Morgan fingerprint density at radius 3 is 2.00 bits per heavy atom. The van der Waals surface area contributed by atoms with Gasteiger partial charge in [0.2, 0.25) is 0 Å². The number of nitrogens with two attached hydrogens (primary N) is 1. The van der Waals surface area contributed by atoms with Gasteiger partial charge in [-0.1, -0.05) is 11.4 Å². The Kier molecular flexibility index (Phi) is 3.35. The molecule has 0 bridgehead atoms. The maximum atomic E-state index is 9.56. The van der Waals surface area contributed by atoms with Crippen LogP contribution in [0.4, 0.5) is 0 Å². The van der Waals surface area contributed by atoms with Crippen LogP contribution in [-0.2, 0) is 14.6 Å². The largest absolute Gasteiger partial charge is 0.276 e. The third kappa shape index (κ3) is 6.22. The Labute approximate surface area is 46.5 Å². The van der Waals surface area contributed by atoms with Crippen molar-refractivity contribution in [2.24, 2.45) is 5.14 Å². The second-order valence-corrected chi connectivity index (χ2v) is 3.04. The van der Waals surface area contributed by atoms with E-state index in [1.54, 1.807) is 0 Å². The number of rotatable bonds is 2. The first-order chi connectivity index (χ1) is 3.13. The Balaban J connectivity index is 3.32. The van der Waals surface area contributed by atoms with E-state index in [9.17, 15) is 8.42 Å². The monoisotopic (exact) mass is 145 g/mol. The van der Waals surface area contributed by atoms with E-state index in [1.165, 1.54) is 6.26 Å². The summed E-state index contributed by atoms with van der Waals surface area (Å²) in [6.45, 7) is 0. The lowest BCUT2D eigenvalue weighted by molar-refractivity contribution is 0.541. The highest BCUT2D eigenvalue weighted by Crippen LogP contribution is 2.07. The molecule has 46 valence electrons. The van der Waals surface area contributed by atoms with Crippen molar-refractivity contribution >= 4 is 22.3 Å². The third-order valence-corrected chi connectivity index (χ3v) is 1.76. The van der Waals surface area contributed by atoms with Crippen LogP contribution in [-0.4, -0.2) is 14.7 Å². The fraction of sp³-hybridized carbons (Fsp3) is 1.00. The lowest BCUT2D eigenvalue weighted by atomic mass is 12.0. The molecular weight excluding hydrogens is 138 g/mol. The Morgan fingerprint density at radius 1 is 1.57 bits per heavy atom. The molecule has 0 rings (SSSR count). The molecule has 0 aromatic carbocycles. The average Bonchev–Trinajstić information content (AvgIpc) is 1.27. The zero-order valence-electron chi connectivity index (χ0n) is 3.70. The third-order valence-electron chi connectivity index (χ3n) is 0.195. The van der Waals surface area contributed by atoms with E-state index in [0.29, 0.717) is 0 Å². The summed E-state index contributed by atoms with van der Waals surface area (Å²) >= 11 is -1.24. The van der Waals surface area contributed by atoms with Gasteiger partial charge in [0.25, 0.3) is 11.0 Å². The van der Waals surface area contributed by atoms with Crippen molar-refractivity contribution in [1.29, 1.82) is 0 Å². The highest BCUT2D eigenvalue weighted by molar-refractivity contribution is 8.13. The van der Waals surface area contributed by atoms with Crippen LogP contribution in [0.25, 0.3) is 0 Å². The smallest absolute Gasteiger partial charge is 0.267 e. The van der Waals surface area contributed by atoms with E-state index >= 15 is 0 Å². The van der Waals surface area contributed by atoms with Gasteiger partial charge in [0.15, 0.2) is 0 Å². The first kappa shape index (κ1) is 7.22. The van der Waals surface area contributed by atoms with Crippen molar-refractivity contribution in [2.45, 2.75) is 0 Å². The first-order valence-electron chi connectivity index (χ1n) is 1.44. The lowest BCUT2D eigenvalue weighted by Gasteiger charge is -2.00. The van der Waals surface area contributed by atoms with E-state index < -0.39 is 22.3 Å². The van der Waals surface area contributed by atoms with Crippen molar-refractivity contribution in [3.05, 3.63) is 0 Å². The molecule has 0 spiro atoms. The molecule has 0 aromatic rings. The molecule has 0 saturated carbocycles. The Bertz CT molecular complexity index is 99.5. The van der Waals surface area contributed by atoms with E-state index in [0.717, 1.165) is 0 Å². The van der Waals surface area contributed by atoms with Crippen LogP contribution in [0.3, 0.4) is 0 Å².